The molecule has 2 aromatic carbocycles. The summed E-state index contributed by atoms with van der Waals surface area (Å²) < 4.78 is 29.6. The summed E-state index contributed by atoms with van der Waals surface area (Å²) >= 11 is 3.35. The summed E-state index contributed by atoms with van der Waals surface area (Å²) in [5, 5.41) is 1.64. The molecule has 2 N–H and O–H groups in total. The molecule has 1 aromatic heterocycles. The van der Waals surface area contributed by atoms with Gasteiger partial charge in [0.15, 0.2) is 0 Å². The molecule has 36 heavy (non-hydrogen) atoms. The molecule has 0 saturated carbocycles. The van der Waals surface area contributed by atoms with Gasteiger partial charge in [-0.2, -0.15) is 4.31 Å². The highest BCUT2D eigenvalue weighted by atomic mass is 79.9. The lowest BCUT2D eigenvalue weighted by atomic mass is 9.96. The second kappa shape index (κ2) is 12.2. The van der Waals surface area contributed by atoms with E-state index in [1.807, 2.05) is 48.5 Å². The fraction of sp³-hybridized carbons (Fsp3) is 0.222. The molecule has 0 aliphatic carbocycles. The average molecular weight is 567 g/mol. The van der Waals surface area contributed by atoms with Crippen molar-refractivity contribution in [3.63, 3.8) is 0 Å². The number of sulfonamides is 1. The van der Waals surface area contributed by atoms with Gasteiger partial charge in [-0.1, -0.05) is 42.5 Å². The van der Waals surface area contributed by atoms with Crippen molar-refractivity contribution >= 4 is 49.2 Å². The van der Waals surface area contributed by atoms with E-state index in [9.17, 15) is 8.42 Å². The minimum Gasteiger partial charge on any atom is -0.404 e. The summed E-state index contributed by atoms with van der Waals surface area (Å²) in [6.45, 7) is 1.32. The number of piperidine rings is 1. The fourth-order valence-corrected chi connectivity index (χ4v) is 6.04. The maximum absolute atomic E-state index is 13.7. The zero-order valence-corrected chi connectivity index (χ0v) is 22.1. The highest BCUT2D eigenvalue weighted by Crippen LogP contribution is 2.31. The van der Waals surface area contributed by atoms with Crippen LogP contribution in [0.5, 0.6) is 0 Å². The Hall–Kier alpha value is -3.14. The topological polar surface area (TPSA) is 101 Å². The number of aliphatic imine (C=N–C) groups is 2. The molecule has 1 saturated heterocycles. The first-order chi connectivity index (χ1) is 17.5. The van der Waals surface area contributed by atoms with E-state index in [2.05, 4.69) is 30.9 Å². The van der Waals surface area contributed by atoms with Gasteiger partial charge in [-0.05, 0) is 57.9 Å². The Bertz CT molecular complexity index is 1410. The van der Waals surface area contributed by atoms with E-state index in [-0.39, 0.29) is 5.92 Å². The summed E-state index contributed by atoms with van der Waals surface area (Å²) in [6.07, 6.45) is 11.7. The number of nitrogens with two attached hydrogens (primary N) is 1. The number of nitrogens with zero attached hydrogens (tertiary/aromatic N) is 4. The van der Waals surface area contributed by atoms with Crippen molar-refractivity contribution in [3.8, 4) is 0 Å². The lowest BCUT2D eigenvalue weighted by Gasteiger charge is -2.32. The van der Waals surface area contributed by atoms with E-state index in [0.717, 1.165) is 34.9 Å². The Kier molecular flexibility index (Phi) is 8.79. The third-order valence-electron chi connectivity index (χ3n) is 6.01. The monoisotopic (exact) mass is 565 g/mol. The number of benzene rings is 2. The third kappa shape index (κ3) is 6.34. The van der Waals surface area contributed by atoms with Gasteiger partial charge in [0, 0.05) is 61.1 Å². The predicted molar refractivity (Wildman–Crippen MR) is 150 cm³/mol. The molecule has 1 unspecified atom stereocenters. The summed E-state index contributed by atoms with van der Waals surface area (Å²) in [5.41, 5.74) is 7.33. The maximum Gasteiger partial charge on any atom is 0.243 e. The minimum absolute atomic E-state index is 0.0809. The van der Waals surface area contributed by atoms with Crippen LogP contribution in [0.4, 0.5) is 0 Å². The zero-order valence-electron chi connectivity index (χ0n) is 19.7. The average Bonchev–Trinajstić information content (AvgIpc) is 2.92. The molecule has 0 bridgehead atoms. The highest BCUT2D eigenvalue weighted by molar-refractivity contribution is 9.12. The van der Waals surface area contributed by atoms with Crippen LogP contribution in [0.2, 0.25) is 0 Å². The lowest BCUT2D eigenvalue weighted by molar-refractivity contribution is 0.291. The van der Waals surface area contributed by atoms with Gasteiger partial charge in [0.05, 0.1) is 15.9 Å². The molecule has 0 amide bonds. The molecule has 1 atom stereocenters. The standard InChI is InChI=1S/C27H28BrN5O2S/c28-24(16-29)19-32-26(12-14-31-18-21-6-4-13-30-17-21)23-9-5-15-33(20-23)36(34,35)27-11-3-8-22-7-1-2-10-25(22)27/h1-4,6-8,10-14,16-17,19,23H,5,9,15,18,20,29H2. The molecule has 1 aliphatic rings. The van der Waals surface area contributed by atoms with E-state index < -0.39 is 10.0 Å². The van der Waals surface area contributed by atoms with Gasteiger partial charge in [0.1, 0.15) is 0 Å². The van der Waals surface area contributed by atoms with Gasteiger partial charge in [-0.15, -0.1) is 0 Å². The number of halogens is 1. The van der Waals surface area contributed by atoms with Crippen LogP contribution in [0.1, 0.15) is 18.4 Å². The summed E-state index contributed by atoms with van der Waals surface area (Å²) in [5.74, 6) is -0.0809. The molecule has 7 nitrogen and oxygen atoms in total. The van der Waals surface area contributed by atoms with Crippen LogP contribution < -0.4 is 5.73 Å². The largest absolute Gasteiger partial charge is 0.404 e. The van der Waals surface area contributed by atoms with Crippen LogP contribution in [0.25, 0.3) is 10.8 Å². The molecule has 2 heterocycles. The van der Waals surface area contributed by atoms with Gasteiger partial charge < -0.3 is 5.73 Å². The number of pyridine rings is 1. The van der Waals surface area contributed by atoms with E-state index in [0.29, 0.717) is 29.0 Å². The number of aromatic nitrogens is 1. The summed E-state index contributed by atoms with van der Waals surface area (Å²) in [7, 11) is -3.68. The van der Waals surface area contributed by atoms with E-state index in [1.54, 1.807) is 41.3 Å². The van der Waals surface area contributed by atoms with Crippen molar-refractivity contribution < 1.29 is 8.42 Å². The second-order valence-corrected chi connectivity index (χ2v) is 11.3. The molecule has 3 aromatic rings. The van der Waals surface area contributed by atoms with E-state index >= 15 is 0 Å². The SMILES string of the molecule is NC=C(Br)C=NC(=CC=NCc1cccnc1)C1CCCN(S(=O)(=O)c2cccc3ccccc23)C1. The van der Waals surface area contributed by atoms with Crippen LogP contribution in [0.15, 0.2) is 104 Å². The van der Waals surface area contributed by atoms with Crippen molar-refractivity contribution in [3.05, 3.63) is 95.0 Å². The van der Waals surface area contributed by atoms with Gasteiger partial charge in [0.25, 0.3) is 0 Å². The Balaban J connectivity index is 1.59. The zero-order chi connectivity index (χ0) is 25.4. The maximum atomic E-state index is 13.7. The number of hydrogen-bond acceptors (Lipinski definition) is 6. The molecule has 4 rings (SSSR count). The lowest BCUT2D eigenvalue weighted by Crippen LogP contribution is -2.40. The smallest absolute Gasteiger partial charge is 0.243 e. The normalized spacial score (nSPS) is 18.4. The van der Waals surface area contributed by atoms with Gasteiger partial charge in [0.2, 0.25) is 10.0 Å². The van der Waals surface area contributed by atoms with Crippen LogP contribution in [0.3, 0.4) is 0 Å². The number of rotatable bonds is 8. The van der Waals surface area contributed by atoms with Gasteiger partial charge >= 0.3 is 0 Å². The first-order valence-electron chi connectivity index (χ1n) is 11.7. The Morgan fingerprint density at radius 3 is 2.81 bits per heavy atom. The van der Waals surface area contributed by atoms with Crippen LogP contribution >= 0.6 is 15.9 Å². The number of allylic oxidation sites excluding steroid dienone is 2. The number of hydrogen-bond donors (Lipinski definition) is 1. The van der Waals surface area contributed by atoms with Crippen molar-refractivity contribution in [2.24, 2.45) is 21.6 Å². The van der Waals surface area contributed by atoms with E-state index in [4.69, 9.17) is 5.73 Å². The van der Waals surface area contributed by atoms with Crippen LogP contribution in [0, 0.1) is 5.92 Å². The Morgan fingerprint density at radius 1 is 1.17 bits per heavy atom. The molecular formula is C27H28BrN5O2S. The van der Waals surface area contributed by atoms with Gasteiger partial charge in [-0.3, -0.25) is 15.0 Å². The molecule has 186 valence electrons. The molecule has 9 heteroatoms. The summed E-state index contributed by atoms with van der Waals surface area (Å²) in [4.78, 5) is 13.5. The van der Waals surface area contributed by atoms with E-state index in [1.165, 1.54) is 6.20 Å². The van der Waals surface area contributed by atoms with Gasteiger partial charge in [-0.25, -0.2) is 8.42 Å². The number of fused-ring (bicyclic) bond motifs is 1. The van der Waals surface area contributed by atoms with Crippen LogP contribution in [-0.2, 0) is 16.6 Å². The van der Waals surface area contributed by atoms with Crippen molar-refractivity contribution in [2.75, 3.05) is 13.1 Å². The Morgan fingerprint density at radius 2 is 2.00 bits per heavy atom. The van der Waals surface area contributed by atoms with Crippen molar-refractivity contribution in [1.29, 1.82) is 0 Å². The van der Waals surface area contributed by atoms with Crippen molar-refractivity contribution in [1.82, 2.24) is 9.29 Å². The second-order valence-electron chi connectivity index (χ2n) is 8.43. The molecule has 1 aliphatic heterocycles. The molecule has 0 spiro atoms. The molecule has 0 radical (unpaired) electrons. The molecular weight excluding hydrogens is 538 g/mol. The molecule has 1 fully saturated rings. The highest BCUT2D eigenvalue weighted by Gasteiger charge is 2.32. The van der Waals surface area contributed by atoms with Crippen molar-refractivity contribution in [2.45, 2.75) is 24.3 Å². The fourth-order valence-electron chi connectivity index (χ4n) is 4.20. The first kappa shape index (κ1) is 25.9. The first-order valence-corrected chi connectivity index (χ1v) is 13.9. The predicted octanol–water partition coefficient (Wildman–Crippen LogP) is 5.06. The Labute approximate surface area is 220 Å². The van der Waals surface area contributed by atoms with Crippen LogP contribution in [-0.4, -0.2) is 43.2 Å². The third-order valence-corrected chi connectivity index (χ3v) is 8.41. The summed E-state index contributed by atoms with van der Waals surface area (Å²) in [6, 6.07) is 16.8. The quantitative estimate of drug-likeness (QED) is 0.386. The minimum atomic E-state index is -3.68.